The third kappa shape index (κ3) is 4.75. The van der Waals surface area contributed by atoms with Gasteiger partial charge in [0.25, 0.3) is 0 Å². The number of piperidine rings is 1. The van der Waals surface area contributed by atoms with Gasteiger partial charge in [0.1, 0.15) is 17.8 Å². The van der Waals surface area contributed by atoms with Crippen molar-refractivity contribution in [1.29, 1.82) is 0 Å². The minimum atomic E-state index is -3.58. The van der Waals surface area contributed by atoms with E-state index in [1.807, 2.05) is 19.3 Å². The minimum Gasteiger partial charge on any atom is -0.379 e. The van der Waals surface area contributed by atoms with Crippen LogP contribution < -0.4 is 10.2 Å². The van der Waals surface area contributed by atoms with Crippen LogP contribution in [0, 0.1) is 5.92 Å². The monoisotopic (exact) mass is 513 g/mol. The maximum absolute atomic E-state index is 13.1. The number of anilines is 2. The van der Waals surface area contributed by atoms with E-state index in [0.29, 0.717) is 51.0 Å². The number of nitrogens with zero attached hydrogens (tertiary/aromatic N) is 5. The third-order valence-electron chi connectivity index (χ3n) is 7.08. The largest absolute Gasteiger partial charge is 0.379 e. The molecule has 2 atom stereocenters. The number of morpholine rings is 1. The lowest BCUT2D eigenvalue weighted by Crippen LogP contribution is -2.53. The average molecular weight is 514 g/mol. The van der Waals surface area contributed by atoms with Gasteiger partial charge in [-0.25, -0.2) is 23.2 Å². The number of aromatic nitrogens is 3. The zero-order valence-electron chi connectivity index (χ0n) is 20.4. The number of H-pyrrole nitrogens is 1. The SMILES string of the molecule is CC1CCN(C(=O)Nc2ccc(S(=O)(=O)N3CCOCC3)cc2)CC1N(C)c1ncnc2[nH]ccc12. The number of hydrogen-bond donors (Lipinski definition) is 2. The first-order valence-corrected chi connectivity index (χ1v) is 13.5. The van der Waals surface area contributed by atoms with Crippen molar-refractivity contribution in [1.82, 2.24) is 24.2 Å². The predicted octanol–water partition coefficient (Wildman–Crippen LogP) is 2.36. The molecule has 2 aliphatic rings. The van der Waals surface area contributed by atoms with Crippen LogP contribution in [-0.4, -0.2) is 91.1 Å². The molecule has 0 aliphatic carbocycles. The van der Waals surface area contributed by atoms with Crippen molar-refractivity contribution in [2.75, 3.05) is 56.7 Å². The molecule has 4 heterocycles. The third-order valence-corrected chi connectivity index (χ3v) is 9.00. The molecule has 11 nitrogen and oxygen atoms in total. The molecule has 0 spiro atoms. The van der Waals surface area contributed by atoms with Gasteiger partial charge in [0.05, 0.1) is 29.5 Å². The van der Waals surface area contributed by atoms with E-state index in [0.717, 1.165) is 23.3 Å². The van der Waals surface area contributed by atoms with Crippen LogP contribution in [0.1, 0.15) is 13.3 Å². The van der Waals surface area contributed by atoms with Crippen molar-refractivity contribution in [2.24, 2.45) is 5.92 Å². The van der Waals surface area contributed by atoms with Crippen LogP contribution in [0.2, 0.25) is 0 Å². The van der Waals surface area contributed by atoms with E-state index < -0.39 is 10.0 Å². The number of aromatic amines is 1. The number of likely N-dealkylation sites (N-methyl/N-ethyl adjacent to an activating group) is 1. The first-order valence-electron chi connectivity index (χ1n) is 12.1. The van der Waals surface area contributed by atoms with Crippen LogP contribution in [0.3, 0.4) is 0 Å². The number of carbonyl (C=O) groups excluding carboxylic acids is 1. The minimum absolute atomic E-state index is 0.0820. The summed E-state index contributed by atoms with van der Waals surface area (Å²) < 4.78 is 32.4. The van der Waals surface area contributed by atoms with E-state index in [4.69, 9.17) is 4.74 Å². The lowest BCUT2D eigenvalue weighted by molar-refractivity contribution is 0.0730. The first-order chi connectivity index (χ1) is 17.3. The molecule has 2 amide bonds. The second-order valence-electron chi connectivity index (χ2n) is 9.30. The van der Waals surface area contributed by atoms with Crippen molar-refractivity contribution in [2.45, 2.75) is 24.3 Å². The Morgan fingerprint density at radius 2 is 1.89 bits per heavy atom. The molecule has 12 heteroatoms. The number of fused-ring (bicyclic) bond motifs is 1. The van der Waals surface area contributed by atoms with Crippen molar-refractivity contribution < 1.29 is 17.9 Å². The molecule has 192 valence electrons. The fraction of sp³-hybridized carbons (Fsp3) is 0.458. The Labute approximate surface area is 210 Å². The van der Waals surface area contributed by atoms with Gasteiger partial charge in [-0.1, -0.05) is 6.92 Å². The summed E-state index contributed by atoms with van der Waals surface area (Å²) in [6.45, 7) is 4.85. The highest BCUT2D eigenvalue weighted by Gasteiger charge is 2.33. The molecule has 3 aromatic rings. The van der Waals surface area contributed by atoms with E-state index in [9.17, 15) is 13.2 Å². The molecule has 1 aromatic carbocycles. The lowest BCUT2D eigenvalue weighted by atomic mass is 9.92. The molecular weight excluding hydrogens is 482 g/mol. The molecule has 36 heavy (non-hydrogen) atoms. The number of carbonyl (C=O) groups is 1. The highest BCUT2D eigenvalue weighted by atomic mass is 32.2. The van der Waals surface area contributed by atoms with Crippen LogP contribution in [-0.2, 0) is 14.8 Å². The number of hydrogen-bond acceptors (Lipinski definition) is 7. The van der Waals surface area contributed by atoms with E-state index in [1.165, 1.54) is 16.4 Å². The molecule has 2 saturated heterocycles. The lowest BCUT2D eigenvalue weighted by Gasteiger charge is -2.42. The normalized spacial score (nSPS) is 21.4. The Morgan fingerprint density at radius 3 is 2.64 bits per heavy atom. The van der Waals surface area contributed by atoms with Crippen LogP contribution in [0.5, 0.6) is 0 Å². The van der Waals surface area contributed by atoms with E-state index >= 15 is 0 Å². The average Bonchev–Trinajstić information content (AvgIpc) is 3.38. The molecule has 0 saturated carbocycles. The topological polar surface area (TPSA) is 124 Å². The number of rotatable bonds is 5. The maximum atomic E-state index is 13.1. The number of nitrogens with one attached hydrogen (secondary N) is 2. The van der Waals surface area contributed by atoms with Crippen LogP contribution in [0.25, 0.3) is 11.0 Å². The second kappa shape index (κ2) is 10.0. The smallest absolute Gasteiger partial charge is 0.321 e. The summed E-state index contributed by atoms with van der Waals surface area (Å²) in [5.41, 5.74) is 1.33. The van der Waals surface area contributed by atoms with Gasteiger partial charge in [-0.3, -0.25) is 0 Å². The Balaban J connectivity index is 1.25. The highest BCUT2D eigenvalue weighted by Crippen LogP contribution is 2.29. The van der Waals surface area contributed by atoms with Crippen LogP contribution in [0.15, 0.2) is 47.8 Å². The van der Waals surface area contributed by atoms with Crippen molar-refractivity contribution in [3.63, 3.8) is 0 Å². The number of sulfonamides is 1. The van der Waals surface area contributed by atoms with Crippen molar-refractivity contribution in [3.8, 4) is 0 Å². The van der Waals surface area contributed by atoms with Crippen LogP contribution >= 0.6 is 0 Å². The molecule has 2 fully saturated rings. The van der Waals surface area contributed by atoms with E-state index in [-0.39, 0.29) is 17.0 Å². The van der Waals surface area contributed by atoms with E-state index in [1.54, 1.807) is 23.4 Å². The Hall–Kier alpha value is -3.22. The molecule has 0 radical (unpaired) electrons. The predicted molar refractivity (Wildman–Crippen MR) is 136 cm³/mol. The molecule has 2 aliphatic heterocycles. The Kier molecular flexibility index (Phi) is 6.82. The van der Waals surface area contributed by atoms with Gasteiger partial charge in [-0.2, -0.15) is 4.31 Å². The fourth-order valence-corrected chi connectivity index (χ4v) is 6.29. The Bertz CT molecular complexity index is 1320. The number of ether oxygens (including phenoxy) is 1. The molecular formula is C24H31N7O4S. The summed E-state index contributed by atoms with van der Waals surface area (Å²) in [5.74, 6) is 1.20. The fourth-order valence-electron chi connectivity index (χ4n) is 4.88. The summed E-state index contributed by atoms with van der Waals surface area (Å²) in [6, 6.07) is 8.16. The summed E-state index contributed by atoms with van der Waals surface area (Å²) in [6.07, 6.45) is 4.25. The van der Waals surface area contributed by atoms with E-state index in [2.05, 4.69) is 32.1 Å². The van der Waals surface area contributed by atoms with Crippen LogP contribution in [0.4, 0.5) is 16.3 Å². The van der Waals surface area contributed by atoms with Gasteiger partial charge >= 0.3 is 6.03 Å². The highest BCUT2D eigenvalue weighted by molar-refractivity contribution is 7.89. The standard InChI is InChI=1S/C24H31N7O4S/c1-17-8-10-30(15-21(17)29(2)23-20-7-9-25-22(20)26-16-27-23)24(32)28-18-3-5-19(6-4-18)36(33,34)31-11-13-35-14-12-31/h3-7,9,16-17,21H,8,10-15H2,1-2H3,(H,28,32)(H,25,26,27). The van der Waals surface area contributed by atoms with Gasteiger partial charge < -0.3 is 24.8 Å². The zero-order valence-corrected chi connectivity index (χ0v) is 21.2. The van der Waals surface area contributed by atoms with Crippen molar-refractivity contribution >= 4 is 38.6 Å². The quantitative estimate of drug-likeness (QED) is 0.537. The van der Waals surface area contributed by atoms with Gasteiger partial charge in [-0.15, -0.1) is 0 Å². The number of amides is 2. The number of likely N-dealkylation sites (tertiary alicyclic amines) is 1. The van der Waals surface area contributed by atoms with Gasteiger partial charge in [0.15, 0.2) is 0 Å². The molecule has 2 N–H and O–H groups in total. The zero-order chi connectivity index (χ0) is 25.3. The molecule has 0 bridgehead atoms. The summed E-state index contributed by atoms with van der Waals surface area (Å²) in [4.78, 5) is 29.1. The molecule has 2 aromatic heterocycles. The number of urea groups is 1. The maximum Gasteiger partial charge on any atom is 0.321 e. The Morgan fingerprint density at radius 1 is 1.14 bits per heavy atom. The first kappa shape index (κ1) is 24.5. The second-order valence-corrected chi connectivity index (χ2v) is 11.2. The summed E-state index contributed by atoms with van der Waals surface area (Å²) in [5, 5.41) is 3.86. The number of benzene rings is 1. The molecule has 5 rings (SSSR count). The summed E-state index contributed by atoms with van der Waals surface area (Å²) in [7, 11) is -1.57. The molecule has 2 unspecified atom stereocenters. The van der Waals surface area contributed by atoms with Gasteiger partial charge in [-0.05, 0) is 42.7 Å². The summed E-state index contributed by atoms with van der Waals surface area (Å²) >= 11 is 0. The van der Waals surface area contributed by atoms with Gasteiger partial charge in [0.2, 0.25) is 10.0 Å². The van der Waals surface area contributed by atoms with Gasteiger partial charge in [0, 0.05) is 45.1 Å². The van der Waals surface area contributed by atoms with Crippen molar-refractivity contribution in [3.05, 3.63) is 42.9 Å².